The Morgan fingerprint density at radius 3 is 2.62 bits per heavy atom. The van der Waals surface area contributed by atoms with Crippen LogP contribution in [0.25, 0.3) is 0 Å². The largest absolute Gasteiger partial charge is 0.486 e. The molecule has 0 spiro atoms. The van der Waals surface area contributed by atoms with Crippen LogP contribution in [0.4, 0.5) is 5.69 Å². The third kappa shape index (κ3) is 4.12. The maximum absolute atomic E-state index is 12.3. The van der Waals surface area contributed by atoms with E-state index in [-0.39, 0.29) is 12.4 Å². The van der Waals surface area contributed by atoms with Crippen molar-refractivity contribution in [2.75, 3.05) is 12.4 Å². The Morgan fingerprint density at radius 2 is 1.88 bits per heavy atom. The Balaban J connectivity index is 1.62. The summed E-state index contributed by atoms with van der Waals surface area (Å²) in [6.07, 6.45) is 0. The normalized spacial score (nSPS) is 10.4. The van der Waals surface area contributed by atoms with Crippen LogP contribution in [0.3, 0.4) is 0 Å². The second-order valence-electron chi connectivity index (χ2n) is 5.48. The summed E-state index contributed by atoms with van der Waals surface area (Å²) in [7, 11) is 1.29. The molecule has 0 aliphatic rings. The Morgan fingerprint density at radius 1 is 1.12 bits per heavy atom. The lowest BCUT2D eigenvalue weighted by Gasteiger charge is -2.05. The lowest BCUT2D eigenvalue weighted by molar-refractivity contribution is 0.0607. The molecule has 0 bridgehead atoms. The van der Waals surface area contributed by atoms with Gasteiger partial charge in [0.2, 0.25) is 0 Å². The molecule has 134 valence electrons. The highest BCUT2D eigenvalue weighted by molar-refractivity contribution is 7.12. The molecule has 1 N–H and O–H groups in total. The second-order valence-corrected chi connectivity index (χ2v) is 6.39. The molecule has 7 heteroatoms. The first-order chi connectivity index (χ1) is 12.6. The molecule has 26 heavy (non-hydrogen) atoms. The quantitative estimate of drug-likeness (QED) is 0.655. The topological polar surface area (TPSA) is 77.8 Å². The summed E-state index contributed by atoms with van der Waals surface area (Å²) in [5.74, 6) is 0.430. The number of nitrogens with one attached hydrogen (secondary N) is 1. The average Bonchev–Trinajstić information content (AvgIpc) is 3.30. The van der Waals surface area contributed by atoms with E-state index in [0.29, 0.717) is 16.3 Å². The minimum Gasteiger partial charge on any atom is -0.486 e. The molecule has 1 aromatic carbocycles. The molecule has 0 radical (unpaired) electrons. The Kier molecular flexibility index (Phi) is 5.38. The van der Waals surface area contributed by atoms with Gasteiger partial charge in [-0.1, -0.05) is 17.7 Å². The number of methoxy groups -OCH3 is 1. The maximum Gasteiger partial charge on any atom is 0.350 e. The molecule has 0 saturated heterocycles. The van der Waals surface area contributed by atoms with Gasteiger partial charge >= 0.3 is 5.97 Å². The molecule has 0 saturated carbocycles. The zero-order valence-electron chi connectivity index (χ0n) is 14.3. The van der Waals surface area contributed by atoms with Crippen molar-refractivity contribution in [3.63, 3.8) is 0 Å². The first kappa shape index (κ1) is 17.8. The van der Waals surface area contributed by atoms with E-state index in [2.05, 4.69) is 10.1 Å². The van der Waals surface area contributed by atoms with Gasteiger partial charge in [-0.3, -0.25) is 4.79 Å². The van der Waals surface area contributed by atoms with Crippen molar-refractivity contribution >= 4 is 28.9 Å². The Hall–Kier alpha value is -3.06. The van der Waals surface area contributed by atoms with Gasteiger partial charge in [0.05, 0.1) is 12.8 Å². The van der Waals surface area contributed by atoms with Crippen molar-refractivity contribution in [1.29, 1.82) is 0 Å². The van der Waals surface area contributed by atoms with Gasteiger partial charge < -0.3 is 19.2 Å². The van der Waals surface area contributed by atoms with Gasteiger partial charge in [0, 0.05) is 0 Å². The number of hydrogen-bond donors (Lipinski definition) is 1. The van der Waals surface area contributed by atoms with Crippen LogP contribution in [0.2, 0.25) is 0 Å². The Bertz CT molecular complexity index is 910. The molecule has 0 aliphatic heterocycles. The van der Waals surface area contributed by atoms with Crippen molar-refractivity contribution in [2.24, 2.45) is 0 Å². The summed E-state index contributed by atoms with van der Waals surface area (Å²) in [5.41, 5.74) is 1.54. The van der Waals surface area contributed by atoms with Crippen LogP contribution in [-0.2, 0) is 11.3 Å². The second kappa shape index (κ2) is 7.88. The van der Waals surface area contributed by atoms with Crippen LogP contribution >= 0.6 is 11.3 Å². The molecule has 3 aromatic rings. The third-order valence-corrected chi connectivity index (χ3v) is 4.47. The number of carbonyl (C=O) groups is 2. The van der Waals surface area contributed by atoms with Crippen LogP contribution in [0.5, 0.6) is 5.75 Å². The number of esters is 1. The van der Waals surface area contributed by atoms with Gasteiger partial charge in [-0.2, -0.15) is 0 Å². The van der Waals surface area contributed by atoms with Gasteiger partial charge in [0.25, 0.3) is 5.91 Å². The minimum atomic E-state index is -0.498. The van der Waals surface area contributed by atoms with Crippen LogP contribution < -0.4 is 10.1 Å². The minimum absolute atomic E-state index is 0.134. The first-order valence-electron chi connectivity index (χ1n) is 7.82. The number of thiophene rings is 1. The van der Waals surface area contributed by atoms with Crippen molar-refractivity contribution in [1.82, 2.24) is 0 Å². The number of furan rings is 1. The highest BCUT2D eigenvalue weighted by atomic mass is 32.1. The van der Waals surface area contributed by atoms with Crippen LogP contribution in [0.15, 0.2) is 52.3 Å². The van der Waals surface area contributed by atoms with Crippen molar-refractivity contribution in [3.8, 4) is 5.75 Å². The SMILES string of the molecule is COC(=O)c1sccc1NC(=O)c1ccc(COc2ccc(C)cc2)o1. The van der Waals surface area contributed by atoms with Crippen LogP contribution in [0.1, 0.15) is 31.6 Å². The summed E-state index contributed by atoms with van der Waals surface area (Å²) < 4.78 is 15.8. The standard InChI is InChI=1S/C19H17NO5S/c1-12-3-5-13(6-4-12)24-11-14-7-8-16(25-14)18(21)20-15-9-10-26-17(15)19(22)23-2/h3-10H,11H2,1-2H3,(H,20,21). The van der Waals surface area contributed by atoms with Gasteiger partial charge in [-0.15, -0.1) is 11.3 Å². The van der Waals surface area contributed by atoms with E-state index in [1.54, 1.807) is 23.6 Å². The summed E-state index contributed by atoms with van der Waals surface area (Å²) >= 11 is 1.19. The highest BCUT2D eigenvalue weighted by Gasteiger charge is 2.18. The molecule has 1 amide bonds. The molecule has 0 fully saturated rings. The molecule has 0 atom stereocenters. The summed E-state index contributed by atoms with van der Waals surface area (Å²) in [4.78, 5) is 24.3. The Labute approximate surface area is 154 Å². The van der Waals surface area contributed by atoms with Gasteiger partial charge in [-0.05, 0) is 42.6 Å². The number of rotatable bonds is 6. The molecule has 2 aromatic heterocycles. The van der Waals surface area contributed by atoms with Crippen LogP contribution in [-0.4, -0.2) is 19.0 Å². The third-order valence-electron chi connectivity index (χ3n) is 3.57. The van der Waals surface area contributed by atoms with E-state index in [4.69, 9.17) is 9.15 Å². The predicted octanol–water partition coefficient (Wildman–Crippen LogP) is 4.27. The first-order valence-corrected chi connectivity index (χ1v) is 8.70. The molecule has 2 heterocycles. The number of benzene rings is 1. The summed E-state index contributed by atoms with van der Waals surface area (Å²) in [6.45, 7) is 2.21. The lowest BCUT2D eigenvalue weighted by atomic mass is 10.2. The maximum atomic E-state index is 12.3. The molecule has 3 rings (SSSR count). The van der Waals surface area contributed by atoms with Crippen LogP contribution in [0, 0.1) is 6.92 Å². The molecular weight excluding hydrogens is 354 g/mol. The van der Waals surface area contributed by atoms with E-state index < -0.39 is 11.9 Å². The number of ether oxygens (including phenoxy) is 2. The van der Waals surface area contributed by atoms with Gasteiger partial charge in [-0.25, -0.2) is 4.79 Å². The fourth-order valence-corrected chi connectivity index (χ4v) is 2.97. The van der Waals surface area contributed by atoms with Crippen molar-refractivity contribution in [2.45, 2.75) is 13.5 Å². The summed E-state index contributed by atoms with van der Waals surface area (Å²) in [6, 6.07) is 12.5. The highest BCUT2D eigenvalue weighted by Crippen LogP contribution is 2.24. The number of aryl methyl sites for hydroxylation is 1. The number of anilines is 1. The van der Waals surface area contributed by atoms with E-state index in [1.165, 1.54) is 18.4 Å². The van der Waals surface area contributed by atoms with Crippen molar-refractivity contribution < 1.29 is 23.5 Å². The number of amides is 1. The zero-order valence-corrected chi connectivity index (χ0v) is 15.1. The average molecular weight is 371 g/mol. The molecule has 6 nitrogen and oxygen atoms in total. The monoisotopic (exact) mass is 371 g/mol. The van der Waals surface area contributed by atoms with E-state index in [1.807, 2.05) is 31.2 Å². The fourth-order valence-electron chi connectivity index (χ4n) is 2.21. The smallest absolute Gasteiger partial charge is 0.350 e. The van der Waals surface area contributed by atoms with E-state index in [9.17, 15) is 9.59 Å². The summed E-state index contributed by atoms with van der Waals surface area (Å²) in [5, 5.41) is 4.35. The van der Waals surface area contributed by atoms with Gasteiger partial charge in [0.15, 0.2) is 5.76 Å². The van der Waals surface area contributed by atoms with E-state index >= 15 is 0 Å². The molecule has 0 unspecified atom stereocenters. The van der Waals surface area contributed by atoms with E-state index in [0.717, 1.165) is 11.3 Å². The van der Waals surface area contributed by atoms with Crippen molar-refractivity contribution in [3.05, 3.63) is 69.8 Å². The lowest BCUT2D eigenvalue weighted by Crippen LogP contribution is -2.13. The number of hydrogen-bond acceptors (Lipinski definition) is 6. The predicted molar refractivity (Wildman–Crippen MR) is 97.8 cm³/mol. The number of carbonyl (C=O) groups excluding carboxylic acids is 2. The fraction of sp³-hybridized carbons (Fsp3) is 0.158. The molecule has 0 aliphatic carbocycles. The zero-order chi connectivity index (χ0) is 18.5. The molecular formula is C19H17NO5S. The van der Waals surface area contributed by atoms with Gasteiger partial charge in [0.1, 0.15) is 23.0 Å².